The van der Waals surface area contributed by atoms with E-state index in [1.165, 1.54) is 25.1 Å². The molecule has 0 spiro atoms. The van der Waals surface area contributed by atoms with Gasteiger partial charge in [-0.2, -0.15) is 0 Å². The molecule has 7 nitrogen and oxygen atoms in total. The SMILES string of the molecule is C[C@@H](O)[C@H](O)[C@@]1(O)[C@H]2C[C@@H](S(=O)(=O)c3cc(C(=O)Nc4ccc(F)c(F)c4)ccc3Cl)C[C@@H]1[C@@H](C)C2. The molecule has 0 aromatic heterocycles. The van der Waals surface area contributed by atoms with Crippen molar-refractivity contribution in [2.75, 3.05) is 5.32 Å². The molecule has 4 N–H and O–H groups in total. The summed E-state index contributed by atoms with van der Waals surface area (Å²) in [7, 11) is -4.06. The summed E-state index contributed by atoms with van der Waals surface area (Å²) in [6.45, 7) is 3.27. The van der Waals surface area contributed by atoms with Crippen molar-refractivity contribution in [3.8, 4) is 0 Å². The van der Waals surface area contributed by atoms with Crippen molar-refractivity contribution >= 4 is 33.0 Å². The van der Waals surface area contributed by atoms with Gasteiger partial charge in [-0.25, -0.2) is 17.2 Å². The molecule has 0 saturated heterocycles. The number of benzene rings is 2. The highest BCUT2D eigenvalue weighted by Gasteiger charge is 2.62. The molecular weight excluding hydrogens is 516 g/mol. The number of carbonyl (C=O) groups is 1. The first-order valence-electron chi connectivity index (χ1n) is 11.6. The molecule has 4 rings (SSSR count). The normalized spacial score (nSPS) is 29.6. The minimum atomic E-state index is -4.06. The summed E-state index contributed by atoms with van der Waals surface area (Å²) in [5, 5.41) is 33.2. The fourth-order valence-electron chi connectivity index (χ4n) is 5.88. The maximum absolute atomic E-state index is 13.7. The van der Waals surface area contributed by atoms with Gasteiger partial charge in [0.25, 0.3) is 5.91 Å². The van der Waals surface area contributed by atoms with Crippen LogP contribution in [0.5, 0.6) is 0 Å². The molecule has 2 aliphatic carbocycles. The van der Waals surface area contributed by atoms with Crippen molar-refractivity contribution in [3.05, 3.63) is 58.6 Å². The Morgan fingerprint density at radius 3 is 2.42 bits per heavy atom. The molecule has 0 heterocycles. The van der Waals surface area contributed by atoms with Gasteiger partial charge in [0.05, 0.1) is 26.9 Å². The number of sulfone groups is 1. The topological polar surface area (TPSA) is 124 Å². The fraction of sp³-hybridized carbons (Fsp3) is 0.480. The van der Waals surface area contributed by atoms with Crippen LogP contribution in [-0.4, -0.2) is 52.7 Å². The number of aliphatic hydroxyl groups is 3. The van der Waals surface area contributed by atoms with Crippen LogP contribution in [0.15, 0.2) is 41.3 Å². The number of amides is 1. The van der Waals surface area contributed by atoms with Crippen LogP contribution in [0.1, 0.15) is 43.5 Å². The van der Waals surface area contributed by atoms with Gasteiger partial charge in [-0.3, -0.25) is 4.79 Å². The summed E-state index contributed by atoms with van der Waals surface area (Å²) >= 11 is 6.24. The number of fused-ring (bicyclic) bond motifs is 2. The van der Waals surface area contributed by atoms with E-state index >= 15 is 0 Å². The number of carbonyl (C=O) groups excluding carboxylic acids is 1. The van der Waals surface area contributed by atoms with E-state index < -0.39 is 62.3 Å². The van der Waals surface area contributed by atoms with Gasteiger partial charge in [-0.1, -0.05) is 18.5 Å². The van der Waals surface area contributed by atoms with E-state index in [1.54, 1.807) is 0 Å². The number of anilines is 1. The van der Waals surface area contributed by atoms with Crippen molar-refractivity contribution in [1.82, 2.24) is 0 Å². The summed E-state index contributed by atoms with van der Waals surface area (Å²) in [4.78, 5) is 12.5. The van der Waals surface area contributed by atoms with Gasteiger partial charge >= 0.3 is 0 Å². The van der Waals surface area contributed by atoms with E-state index in [2.05, 4.69) is 5.32 Å². The van der Waals surface area contributed by atoms with Crippen LogP contribution in [0, 0.1) is 29.4 Å². The first-order valence-corrected chi connectivity index (χ1v) is 13.6. The van der Waals surface area contributed by atoms with Crippen molar-refractivity contribution in [3.63, 3.8) is 0 Å². The zero-order valence-corrected chi connectivity index (χ0v) is 21.2. The van der Waals surface area contributed by atoms with Crippen LogP contribution in [0.4, 0.5) is 14.5 Å². The smallest absolute Gasteiger partial charge is 0.255 e. The molecule has 196 valence electrons. The van der Waals surface area contributed by atoms with Crippen LogP contribution in [0.2, 0.25) is 5.02 Å². The average molecular weight is 544 g/mol. The Kier molecular flexibility index (Phi) is 7.22. The molecule has 2 bridgehead atoms. The van der Waals surface area contributed by atoms with Crippen molar-refractivity contribution in [2.24, 2.45) is 17.8 Å². The molecule has 0 unspecified atom stereocenters. The lowest BCUT2D eigenvalue weighted by Gasteiger charge is -2.46. The van der Waals surface area contributed by atoms with Gasteiger partial charge in [-0.15, -0.1) is 0 Å². The summed E-state index contributed by atoms with van der Waals surface area (Å²) < 4.78 is 54.0. The van der Waals surface area contributed by atoms with Crippen LogP contribution >= 0.6 is 11.6 Å². The molecule has 2 aromatic carbocycles. The van der Waals surface area contributed by atoms with E-state index in [0.29, 0.717) is 6.42 Å². The standard InChI is InChI=1S/C25H28ClF2NO6S/c1-12-7-15-9-17(11-18(12)25(15,33)23(31)13(2)30)36(34,35)22-8-14(3-5-19(22)26)24(32)29-16-4-6-20(27)21(28)10-16/h3-6,8,10,12-13,15,17-18,23,30-31,33H,7,9,11H2,1-2H3,(H,29,32)/t12-,13+,15+,17+,18+,23-,25+/m0/s1. The van der Waals surface area contributed by atoms with Gasteiger partial charge < -0.3 is 20.6 Å². The predicted octanol–water partition coefficient (Wildman–Crippen LogP) is 3.55. The Balaban J connectivity index is 1.61. The number of aliphatic hydroxyl groups excluding tert-OH is 2. The van der Waals surface area contributed by atoms with Crippen LogP contribution < -0.4 is 5.32 Å². The summed E-state index contributed by atoms with van der Waals surface area (Å²) in [5.74, 6) is -4.13. The van der Waals surface area contributed by atoms with E-state index in [1.807, 2.05) is 6.92 Å². The molecule has 2 aromatic rings. The average Bonchev–Trinajstić information content (AvgIpc) is 2.94. The van der Waals surface area contributed by atoms with Gasteiger partial charge in [0.15, 0.2) is 21.5 Å². The lowest BCUT2D eigenvalue weighted by Crippen LogP contribution is -2.59. The Morgan fingerprint density at radius 1 is 1.11 bits per heavy atom. The Morgan fingerprint density at radius 2 is 1.81 bits per heavy atom. The molecule has 11 heteroatoms. The number of rotatable bonds is 6. The largest absolute Gasteiger partial charge is 0.391 e. The van der Waals surface area contributed by atoms with Crippen molar-refractivity contribution in [1.29, 1.82) is 0 Å². The first-order chi connectivity index (χ1) is 16.8. The Hall–Kier alpha value is -2.11. The van der Waals surface area contributed by atoms with E-state index in [-0.39, 0.29) is 39.9 Å². The highest BCUT2D eigenvalue weighted by Crippen LogP contribution is 2.56. The Labute approximate surface area is 213 Å². The molecule has 36 heavy (non-hydrogen) atoms. The number of halogens is 3. The summed E-state index contributed by atoms with van der Waals surface area (Å²) in [5.41, 5.74) is -1.65. The molecule has 2 saturated carbocycles. The molecule has 7 atom stereocenters. The molecule has 1 amide bonds. The van der Waals surface area contributed by atoms with Crippen LogP contribution in [0.3, 0.4) is 0 Å². The van der Waals surface area contributed by atoms with Crippen LogP contribution in [-0.2, 0) is 9.84 Å². The first kappa shape index (κ1) is 26.9. The third-order valence-corrected chi connectivity index (χ3v) is 10.4. The molecule has 2 fully saturated rings. The predicted molar refractivity (Wildman–Crippen MR) is 129 cm³/mol. The fourth-order valence-corrected chi connectivity index (χ4v) is 8.26. The van der Waals surface area contributed by atoms with E-state index in [9.17, 15) is 37.3 Å². The highest BCUT2D eigenvalue weighted by atomic mass is 35.5. The zero-order chi connectivity index (χ0) is 26.6. The maximum Gasteiger partial charge on any atom is 0.255 e. The van der Waals surface area contributed by atoms with Crippen LogP contribution in [0.25, 0.3) is 0 Å². The lowest BCUT2D eigenvalue weighted by atomic mass is 9.69. The second-order valence-electron chi connectivity index (χ2n) is 9.96. The van der Waals surface area contributed by atoms with Crippen molar-refractivity contribution in [2.45, 2.75) is 61.1 Å². The van der Waals surface area contributed by atoms with Crippen molar-refractivity contribution < 1.29 is 37.3 Å². The molecular formula is C25H28ClF2NO6S. The van der Waals surface area contributed by atoms with Gasteiger partial charge in [0, 0.05) is 17.3 Å². The summed E-state index contributed by atoms with van der Waals surface area (Å²) in [6.07, 6.45) is -1.97. The molecule has 0 radical (unpaired) electrons. The molecule has 0 aliphatic heterocycles. The Bertz CT molecular complexity index is 1290. The van der Waals surface area contributed by atoms with Gasteiger partial charge in [-0.05, 0) is 74.3 Å². The lowest BCUT2D eigenvalue weighted by molar-refractivity contribution is -0.175. The van der Waals surface area contributed by atoms with Gasteiger partial charge in [0.1, 0.15) is 6.10 Å². The minimum Gasteiger partial charge on any atom is -0.391 e. The summed E-state index contributed by atoms with van der Waals surface area (Å²) in [6, 6.07) is 6.58. The second-order valence-corrected chi connectivity index (χ2v) is 12.6. The number of nitrogens with one attached hydrogen (secondary N) is 1. The molecule has 2 aliphatic rings. The van der Waals surface area contributed by atoms with E-state index in [0.717, 1.165) is 18.2 Å². The van der Waals surface area contributed by atoms with Gasteiger partial charge in [0.2, 0.25) is 0 Å². The minimum absolute atomic E-state index is 0.00736. The highest BCUT2D eigenvalue weighted by molar-refractivity contribution is 7.92. The number of hydrogen-bond acceptors (Lipinski definition) is 6. The third-order valence-electron chi connectivity index (χ3n) is 7.70. The second kappa shape index (κ2) is 9.64. The third kappa shape index (κ3) is 4.54. The monoisotopic (exact) mass is 543 g/mol. The zero-order valence-electron chi connectivity index (χ0n) is 19.7. The van der Waals surface area contributed by atoms with E-state index in [4.69, 9.17) is 11.6 Å². The maximum atomic E-state index is 13.7. The quantitative estimate of drug-likeness (QED) is 0.442. The number of hydrogen-bond donors (Lipinski definition) is 4.